The number of nitrogens with one attached hydrogen (secondary N) is 1. The second-order valence-corrected chi connectivity index (χ2v) is 4.35. The first kappa shape index (κ1) is 11.4. The van der Waals surface area contributed by atoms with Crippen LogP contribution in [-0.4, -0.2) is 24.7 Å². The lowest BCUT2D eigenvalue weighted by molar-refractivity contribution is 0.391. The van der Waals surface area contributed by atoms with E-state index in [9.17, 15) is 0 Å². The number of aryl methyl sites for hydroxylation is 1. The third kappa shape index (κ3) is 2.53. The van der Waals surface area contributed by atoms with Crippen LogP contribution in [0.2, 0.25) is 0 Å². The number of hydrogen-bond donors (Lipinski definition) is 1. The third-order valence-corrected chi connectivity index (χ3v) is 3.13. The predicted octanol–water partition coefficient (Wildman–Crippen LogP) is 1.95. The van der Waals surface area contributed by atoms with Crippen LogP contribution in [0.25, 0.3) is 0 Å². The summed E-state index contributed by atoms with van der Waals surface area (Å²) in [5, 5.41) is 3.58. The average molecular weight is 220 g/mol. The normalized spacial score (nSPS) is 19.2. The van der Waals surface area contributed by atoms with E-state index in [-0.39, 0.29) is 0 Å². The highest BCUT2D eigenvalue weighted by atomic mass is 16.5. The van der Waals surface area contributed by atoms with Gasteiger partial charge in [-0.1, -0.05) is 13.0 Å². The molecule has 0 amide bonds. The number of fused-ring (bicyclic) bond motifs is 1. The van der Waals surface area contributed by atoms with Crippen molar-refractivity contribution in [2.75, 3.05) is 13.7 Å². The third-order valence-electron chi connectivity index (χ3n) is 3.13. The number of aromatic nitrogens is 1. The Kier molecular flexibility index (Phi) is 3.78. The smallest absolute Gasteiger partial charge is 0.213 e. The molecule has 0 aliphatic heterocycles. The molecule has 88 valence electrons. The summed E-state index contributed by atoms with van der Waals surface area (Å²) in [6, 6.07) is 4.74. The minimum absolute atomic E-state index is 0.627. The fourth-order valence-corrected chi connectivity index (χ4v) is 2.23. The predicted molar refractivity (Wildman–Crippen MR) is 64.9 cm³/mol. The average Bonchev–Trinajstić information content (AvgIpc) is 2.35. The summed E-state index contributed by atoms with van der Waals surface area (Å²) in [6.45, 7) is 3.32. The van der Waals surface area contributed by atoms with Crippen molar-refractivity contribution in [1.29, 1.82) is 0 Å². The Morgan fingerprint density at radius 3 is 3.12 bits per heavy atom. The molecule has 1 N–H and O–H groups in total. The van der Waals surface area contributed by atoms with Crippen LogP contribution < -0.4 is 10.1 Å². The van der Waals surface area contributed by atoms with Gasteiger partial charge in [0.15, 0.2) is 0 Å². The molecule has 0 fully saturated rings. The SMILES string of the molecule is CCCN[C@H]1CCc2nc(OC)ccc2C1. The molecule has 1 heterocycles. The van der Waals surface area contributed by atoms with Gasteiger partial charge in [0.05, 0.1) is 7.11 Å². The van der Waals surface area contributed by atoms with Gasteiger partial charge in [-0.3, -0.25) is 0 Å². The Hall–Kier alpha value is -1.09. The van der Waals surface area contributed by atoms with E-state index >= 15 is 0 Å². The minimum atomic E-state index is 0.627. The zero-order valence-electron chi connectivity index (χ0n) is 10.1. The number of hydrogen-bond acceptors (Lipinski definition) is 3. The van der Waals surface area contributed by atoms with Crippen molar-refractivity contribution < 1.29 is 4.74 Å². The Balaban J connectivity index is 2.04. The van der Waals surface area contributed by atoms with Crippen molar-refractivity contribution in [3.63, 3.8) is 0 Å². The maximum atomic E-state index is 5.15. The summed E-state index contributed by atoms with van der Waals surface area (Å²) in [5.41, 5.74) is 2.59. The van der Waals surface area contributed by atoms with Crippen LogP contribution in [0.3, 0.4) is 0 Å². The van der Waals surface area contributed by atoms with Crippen LogP contribution in [0.1, 0.15) is 31.0 Å². The molecule has 0 aromatic carbocycles. The first-order chi connectivity index (χ1) is 7.83. The molecule has 1 aliphatic rings. The Bertz CT molecular complexity index is 352. The second kappa shape index (κ2) is 5.30. The first-order valence-electron chi connectivity index (χ1n) is 6.09. The summed E-state index contributed by atoms with van der Waals surface area (Å²) >= 11 is 0. The number of methoxy groups -OCH3 is 1. The standard InChI is InChI=1S/C13H20N2O/c1-3-8-14-11-5-6-12-10(9-11)4-7-13(15-12)16-2/h4,7,11,14H,3,5-6,8-9H2,1-2H3/t11-/m0/s1. The van der Waals surface area contributed by atoms with Crippen molar-refractivity contribution in [2.24, 2.45) is 0 Å². The van der Waals surface area contributed by atoms with Crippen LogP contribution in [0.5, 0.6) is 5.88 Å². The molecule has 3 nitrogen and oxygen atoms in total. The fraction of sp³-hybridized carbons (Fsp3) is 0.615. The van der Waals surface area contributed by atoms with Crippen molar-refractivity contribution in [3.8, 4) is 5.88 Å². The fourth-order valence-electron chi connectivity index (χ4n) is 2.23. The van der Waals surface area contributed by atoms with Gasteiger partial charge in [0.2, 0.25) is 5.88 Å². The molecule has 0 unspecified atom stereocenters. The molecule has 0 bridgehead atoms. The zero-order chi connectivity index (χ0) is 11.4. The van der Waals surface area contributed by atoms with E-state index in [4.69, 9.17) is 4.74 Å². The molecule has 2 rings (SSSR count). The van der Waals surface area contributed by atoms with E-state index < -0.39 is 0 Å². The second-order valence-electron chi connectivity index (χ2n) is 4.35. The van der Waals surface area contributed by atoms with Gasteiger partial charge in [-0.2, -0.15) is 0 Å². The van der Waals surface area contributed by atoms with Crippen LogP contribution >= 0.6 is 0 Å². The molecule has 1 atom stereocenters. The molecule has 0 radical (unpaired) electrons. The van der Waals surface area contributed by atoms with E-state index in [1.807, 2.05) is 6.07 Å². The lowest BCUT2D eigenvalue weighted by atomic mass is 9.92. The molecule has 0 saturated carbocycles. The summed E-state index contributed by atoms with van der Waals surface area (Å²) in [7, 11) is 1.67. The molecule has 0 saturated heterocycles. The number of ether oxygens (including phenoxy) is 1. The highest BCUT2D eigenvalue weighted by molar-refractivity contribution is 5.28. The molecule has 3 heteroatoms. The molecular weight excluding hydrogens is 200 g/mol. The van der Waals surface area contributed by atoms with Gasteiger partial charge in [0, 0.05) is 17.8 Å². The number of pyridine rings is 1. The van der Waals surface area contributed by atoms with Crippen LogP contribution in [0.4, 0.5) is 0 Å². The summed E-state index contributed by atoms with van der Waals surface area (Å²) in [6.07, 6.45) is 4.55. The molecule has 16 heavy (non-hydrogen) atoms. The van der Waals surface area contributed by atoms with Gasteiger partial charge in [0.25, 0.3) is 0 Å². The van der Waals surface area contributed by atoms with E-state index in [0.29, 0.717) is 6.04 Å². The largest absolute Gasteiger partial charge is 0.481 e. The summed E-state index contributed by atoms with van der Waals surface area (Å²) in [5.74, 6) is 0.735. The van der Waals surface area contributed by atoms with E-state index in [2.05, 4.69) is 23.3 Å². The van der Waals surface area contributed by atoms with Gasteiger partial charge in [0.1, 0.15) is 0 Å². The van der Waals surface area contributed by atoms with Crippen LogP contribution in [-0.2, 0) is 12.8 Å². The monoisotopic (exact) mass is 220 g/mol. The quantitative estimate of drug-likeness (QED) is 0.842. The first-order valence-corrected chi connectivity index (χ1v) is 6.09. The van der Waals surface area contributed by atoms with Crippen molar-refractivity contribution >= 4 is 0 Å². The van der Waals surface area contributed by atoms with Crippen molar-refractivity contribution in [3.05, 3.63) is 23.4 Å². The topological polar surface area (TPSA) is 34.2 Å². The Morgan fingerprint density at radius 1 is 1.50 bits per heavy atom. The maximum absolute atomic E-state index is 5.15. The van der Waals surface area contributed by atoms with Gasteiger partial charge in [-0.15, -0.1) is 0 Å². The molecule has 1 aromatic rings. The van der Waals surface area contributed by atoms with Crippen LogP contribution in [0, 0.1) is 0 Å². The minimum Gasteiger partial charge on any atom is -0.481 e. The highest BCUT2D eigenvalue weighted by Gasteiger charge is 2.19. The Labute approximate surface area is 97.2 Å². The summed E-state index contributed by atoms with van der Waals surface area (Å²) < 4.78 is 5.15. The van der Waals surface area contributed by atoms with Crippen molar-refractivity contribution in [2.45, 2.75) is 38.6 Å². The molecule has 1 aliphatic carbocycles. The highest BCUT2D eigenvalue weighted by Crippen LogP contribution is 2.22. The Morgan fingerprint density at radius 2 is 2.38 bits per heavy atom. The van der Waals surface area contributed by atoms with E-state index in [0.717, 1.165) is 25.3 Å². The number of rotatable bonds is 4. The molecular formula is C13H20N2O. The van der Waals surface area contributed by atoms with E-state index in [1.54, 1.807) is 7.11 Å². The summed E-state index contributed by atoms with van der Waals surface area (Å²) in [4.78, 5) is 4.50. The maximum Gasteiger partial charge on any atom is 0.213 e. The van der Waals surface area contributed by atoms with Gasteiger partial charge in [-0.05, 0) is 37.8 Å². The van der Waals surface area contributed by atoms with Gasteiger partial charge < -0.3 is 10.1 Å². The molecule has 1 aromatic heterocycles. The lowest BCUT2D eigenvalue weighted by Gasteiger charge is -2.25. The van der Waals surface area contributed by atoms with E-state index in [1.165, 1.54) is 24.1 Å². The number of nitrogens with zero attached hydrogens (tertiary/aromatic N) is 1. The lowest BCUT2D eigenvalue weighted by Crippen LogP contribution is -2.35. The van der Waals surface area contributed by atoms with Crippen LogP contribution in [0.15, 0.2) is 12.1 Å². The zero-order valence-corrected chi connectivity index (χ0v) is 10.1. The van der Waals surface area contributed by atoms with Gasteiger partial charge in [-0.25, -0.2) is 4.98 Å². The van der Waals surface area contributed by atoms with Crippen molar-refractivity contribution in [1.82, 2.24) is 10.3 Å². The van der Waals surface area contributed by atoms with Gasteiger partial charge >= 0.3 is 0 Å². The molecule has 0 spiro atoms.